The van der Waals surface area contributed by atoms with E-state index in [4.69, 9.17) is 4.74 Å². The fourth-order valence-corrected chi connectivity index (χ4v) is 1.55. The molecule has 1 aromatic carbocycles. The quantitative estimate of drug-likeness (QED) is 0.808. The lowest BCUT2D eigenvalue weighted by atomic mass is 10.1. The van der Waals surface area contributed by atoms with Crippen molar-refractivity contribution in [2.45, 2.75) is 27.4 Å². The fraction of sp³-hybridized carbons (Fsp3) is 0.500. The Morgan fingerprint density at radius 1 is 1.44 bits per heavy atom. The predicted molar refractivity (Wildman–Crippen MR) is 70.4 cm³/mol. The molecular formula is C14H21NO3. The number of carbonyl (C=O) groups excluding carboxylic acids is 1. The largest absolute Gasteiger partial charge is 0.483 e. The molecule has 0 heterocycles. The summed E-state index contributed by atoms with van der Waals surface area (Å²) >= 11 is 0. The fourth-order valence-electron chi connectivity index (χ4n) is 1.55. The standard InChI is InChI=1S/C14H21NO3/c1-10(2)7-15-13(17)9-18-14-11(3)5-4-6-12(14)8-16/h4-6,10,16H,7-9H2,1-3H3,(H,15,17). The molecule has 0 saturated heterocycles. The average molecular weight is 251 g/mol. The number of amides is 1. The van der Waals surface area contributed by atoms with Crippen LogP contribution in [0.5, 0.6) is 5.75 Å². The first-order valence-electron chi connectivity index (χ1n) is 6.13. The first-order chi connectivity index (χ1) is 8.54. The summed E-state index contributed by atoms with van der Waals surface area (Å²) in [6.07, 6.45) is 0. The second kappa shape index (κ2) is 7.01. The summed E-state index contributed by atoms with van der Waals surface area (Å²) < 4.78 is 5.48. The van der Waals surface area contributed by atoms with E-state index in [1.165, 1.54) is 0 Å². The van der Waals surface area contributed by atoms with Crippen LogP contribution in [0.3, 0.4) is 0 Å². The lowest BCUT2D eigenvalue weighted by molar-refractivity contribution is -0.123. The van der Waals surface area contributed by atoms with E-state index in [0.717, 1.165) is 5.56 Å². The van der Waals surface area contributed by atoms with Gasteiger partial charge in [0.25, 0.3) is 5.91 Å². The number of benzene rings is 1. The molecule has 0 unspecified atom stereocenters. The first-order valence-corrected chi connectivity index (χ1v) is 6.13. The number of aliphatic hydroxyl groups excluding tert-OH is 1. The molecule has 2 N–H and O–H groups in total. The van der Waals surface area contributed by atoms with Crippen molar-refractivity contribution in [1.82, 2.24) is 5.32 Å². The highest BCUT2D eigenvalue weighted by atomic mass is 16.5. The summed E-state index contributed by atoms with van der Waals surface area (Å²) in [5, 5.41) is 12.0. The normalized spacial score (nSPS) is 10.5. The zero-order chi connectivity index (χ0) is 13.5. The summed E-state index contributed by atoms with van der Waals surface area (Å²) in [5.41, 5.74) is 1.62. The molecule has 1 rings (SSSR count). The lowest BCUT2D eigenvalue weighted by Gasteiger charge is -2.13. The molecule has 0 bridgehead atoms. The number of aliphatic hydroxyl groups is 1. The maximum Gasteiger partial charge on any atom is 0.257 e. The Balaban J connectivity index is 2.55. The molecule has 0 atom stereocenters. The van der Waals surface area contributed by atoms with Gasteiger partial charge in [-0.3, -0.25) is 4.79 Å². The topological polar surface area (TPSA) is 58.6 Å². The van der Waals surface area contributed by atoms with E-state index in [0.29, 0.717) is 23.8 Å². The maximum atomic E-state index is 11.5. The van der Waals surface area contributed by atoms with Gasteiger partial charge < -0.3 is 15.2 Å². The molecule has 0 aliphatic heterocycles. The monoisotopic (exact) mass is 251 g/mol. The highest BCUT2D eigenvalue weighted by Gasteiger charge is 2.09. The van der Waals surface area contributed by atoms with Crippen molar-refractivity contribution in [3.8, 4) is 5.75 Å². The van der Waals surface area contributed by atoms with Crippen molar-refractivity contribution < 1.29 is 14.6 Å². The van der Waals surface area contributed by atoms with Crippen LogP contribution in [0.1, 0.15) is 25.0 Å². The van der Waals surface area contributed by atoms with Crippen molar-refractivity contribution in [3.63, 3.8) is 0 Å². The third-order valence-electron chi connectivity index (χ3n) is 2.52. The molecule has 18 heavy (non-hydrogen) atoms. The van der Waals surface area contributed by atoms with Gasteiger partial charge >= 0.3 is 0 Å². The van der Waals surface area contributed by atoms with Gasteiger partial charge in [0, 0.05) is 12.1 Å². The van der Waals surface area contributed by atoms with Gasteiger partial charge in [0.15, 0.2) is 6.61 Å². The SMILES string of the molecule is Cc1cccc(CO)c1OCC(=O)NCC(C)C. The maximum absolute atomic E-state index is 11.5. The van der Waals surface area contributed by atoms with Gasteiger partial charge in [0.05, 0.1) is 6.61 Å². The zero-order valence-corrected chi connectivity index (χ0v) is 11.2. The van der Waals surface area contributed by atoms with Gasteiger partial charge in [-0.05, 0) is 18.4 Å². The van der Waals surface area contributed by atoms with Crippen LogP contribution < -0.4 is 10.1 Å². The number of aryl methyl sites for hydroxylation is 1. The van der Waals surface area contributed by atoms with E-state index in [1.54, 1.807) is 6.07 Å². The Morgan fingerprint density at radius 2 is 2.17 bits per heavy atom. The number of nitrogens with one attached hydrogen (secondary N) is 1. The summed E-state index contributed by atoms with van der Waals surface area (Å²) in [5.74, 6) is 0.871. The summed E-state index contributed by atoms with van der Waals surface area (Å²) in [6.45, 7) is 6.48. The Labute approximate surface area is 108 Å². The van der Waals surface area contributed by atoms with Crippen LogP contribution in [0.4, 0.5) is 0 Å². The van der Waals surface area contributed by atoms with Crippen LogP contribution in [0.15, 0.2) is 18.2 Å². The Hall–Kier alpha value is -1.55. The van der Waals surface area contributed by atoms with Crippen molar-refractivity contribution in [2.24, 2.45) is 5.92 Å². The first kappa shape index (κ1) is 14.5. The number of hydrogen-bond donors (Lipinski definition) is 2. The molecule has 0 radical (unpaired) electrons. The summed E-state index contributed by atoms with van der Waals surface area (Å²) in [4.78, 5) is 11.5. The molecule has 0 spiro atoms. The third-order valence-corrected chi connectivity index (χ3v) is 2.52. The molecule has 4 heteroatoms. The van der Waals surface area contributed by atoms with Gasteiger partial charge in [0.2, 0.25) is 0 Å². The number of rotatable bonds is 6. The molecule has 4 nitrogen and oxygen atoms in total. The van der Waals surface area contributed by atoms with Crippen molar-refractivity contribution in [1.29, 1.82) is 0 Å². The zero-order valence-electron chi connectivity index (χ0n) is 11.2. The minimum Gasteiger partial charge on any atom is -0.483 e. The highest BCUT2D eigenvalue weighted by molar-refractivity contribution is 5.77. The summed E-state index contributed by atoms with van der Waals surface area (Å²) in [6, 6.07) is 5.53. The van der Waals surface area contributed by atoms with E-state index in [1.807, 2.05) is 32.9 Å². The van der Waals surface area contributed by atoms with E-state index < -0.39 is 0 Å². The molecule has 0 aliphatic rings. The van der Waals surface area contributed by atoms with Crippen LogP contribution in [0.2, 0.25) is 0 Å². The highest BCUT2D eigenvalue weighted by Crippen LogP contribution is 2.23. The van der Waals surface area contributed by atoms with Crippen LogP contribution in [0.25, 0.3) is 0 Å². The third kappa shape index (κ3) is 4.37. The Bertz CT molecular complexity index is 402. The van der Waals surface area contributed by atoms with Gasteiger partial charge in [-0.25, -0.2) is 0 Å². The van der Waals surface area contributed by atoms with Crippen LogP contribution in [-0.2, 0) is 11.4 Å². The number of ether oxygens (including phenoxy) is 1. The molecule has 0 aliphatic carbocycles. The smallest absolute Gasteiger partial charge is 0.257 e. The summed E-state index contributed by atoms with van der Waals surface area (Å²) in [7, 11) is 0. The Kier molecular flexibility index (Phi) is 5.65. The van der Waals surface area contributed by atoms with Crippen molar-refractivity contribution >= 4 is 5.91 Å². The number of para-hydroxylation sites is 1. The van der Waals surface area contributed by atoms with Crippen molar-refractivity contribution in [3.05, 3.63) is 29.3 Å². The number of hydrogen-bond acceptors (Lipinski definition) is 3. The Morgan fingerprint density at radius 3 is 2.78 bits per heavy atom. The molecule has 0 saturated carbocycles. The minimum absolute atomic E-state index is 0.0232. The van der Waals surface area contributed by atoms with Gasteiger partial charge in [-0.15, -0.1) is 0 Å². The lowest BCUT2D eigenvalue weighted by Crippen LogP contribution is -2.31. The van der Waals surface area contributed by atoms with Crippen LogP contribution >= 0.6 is 0 Å². The van der Waals surface area contributed by atoms with Gasteiger partial charge in [-0.2, -0.15) is 0 Å². The average Bonchev–Trinajstić information content (AvgIpc) is 2.34. The van der Waals surface area contributed by atoms with Gasteiger partial charge in [-0.1, -0.05) is 32.0 Å². The molecule has 100 valence electrons. The van der Waals surface area contributed by atoms with Crippen LogP contribution in [0, 0.1) is 12.8 Å². The number of carbonyl (C=O) groups is 1. The van der Waals surface area contributed by atoms with Crippen LogP contribution in [-0.4, -0.2) is 24.2 Å². The van der Waals surface area contributed by atoms with E-state index in [-0.39, 0.29) is 19.1 Å². The molecular weight excluding hydrogens is 230 g/mol. The van der Waals surface area contributed by atoms with E-state index in [9.17, 15) is 9.90 Å². The molecule has 1 amide bonds. The predicted octanol–water partition coefficient (Wildman–Crippen LogP) is 1.64. The van der Waals surface area contributed by atoms with E-state index in [2.05, 4.69) is 5.32 Å². The minimum atomic E-state index is -0.143. The van der Waals surface area contributed by atoms with E-state index >= 15 is 0 Å². The van der Waals surface area contributed by atoms with Gasteiger partial charge in [0.1, 0.15) is 5.75 Å². The molecule has 0 aromatic heterocycles. The second-order valence-corrected chi connectivity index (χ2v) is 4.71. The van der Waals surface area contributed by atoms with Crippen molar-refractivity contribution in [2.75, 3.05) is 13.2 Å². The molecule has 1 aromatic rings. The molecule has 0 fully saturated rings. The second-order valence-electron chi connectivity index (χ2n) is 4.71.